The zero-order valence-corrected chi connectivity index (χ0v) is 10.6. The van der Waals surface area contributed by atoms with E-state index in [-0.39, 0.29) is 12.5 Å². The summed E-state index contributed by atoms with van der Waals surface area (Å²) in [6.07, 6.45) is 2.12. The van der Waals surface area contributed by atoms with Crippen molar-refractivity contribution in [3.63, 3.8) is 0 Å². The Hall–Kier alpha value is -1.88. The van der Waals surface area contributed by atoms with Gasteiger partial charge in [0.05, 0.1) is 12.5 Å². The number of aromatic nitrogens is 2. The van der Waals surface area contributed by atoms with E-state index in [2.05, 4.69) is 10.1 Å². The van der Waals surface area contributed by atoms with Crippen LogP contribution in [0.2, 0.25) is 0 Å². The van der Waals surface area contributed by atoms with E-state index in [4.69, 9.17) is 14.4 Å². The van der Waals surface area contributed by atoms with E-state index in [0.29, 0.717) is 31.2 Å². The van der Waals surface area contributed by atoms with Crippen molar-refractivity contribution in [2.45, 2.75) is 25.2 Å². The Kier molecular flexibility index (Phi) is 3.46. The van der Waals surface area contributed by atoms with Crippen LogP contribution in [0.3, 0.4) is 0 Å². The first-order valence-corrected chi connectivity index (χ1v) is 6.53. The fraction of sp³-hybridized carbons (Fsp3) is 0.429. The van der Waals surface area contributed by atoms with Crippen LogP contribution in [0, 0.1) is 0 Å². The summed E-state index contributed by atoms with van der Waals surface area (Å²) in [5.41, 5.74) is 1.11. The first-order chi connectivity index (χ1) is 9.38. The van der Waals surface area contributed by atoms with Crippen LogP contribution in [0.5, 0.6) is 5.75 Å². The maximum absolute atomic E-state index is 8.81. The van der Waals surface area contributed by atoms with Crippen molar-refractivity contribution < 1.29 is 14.4 Å². The first-order valence-electron chi connectivity index (χ1n) is 6.53. The lowest BCUT2D eigenvalue weighted by Gasteiger charge is -2.23. The second kappa shape index (κ2) is 5.40. The Morgan fingerprint density at radius 1 is 1.32 bits per heavy atom. The third-order valence-corrected chi connectivity index (χ3v) is 3.30. The third kappa shape index (κ3) is 2.46. The molecule has 0 aliphatic carbocycles. The molecule has 0 amide bonds. The van der Waals surface area contributed by atoms with E-state index in [1.807, 2.05) is 24.3 Å². The number of rotatable bonds is 4. The number of aliphatic hydroxyl groups excluding tert-OH is 1. The highest BCUT2D eigenvalue weighted by atomic mass is 16.5. The van der Waals surface area contributed by atoms with Crippen LogP contribution in [0.25, 0.3) is 0 Å². The fourth-order valence-electron chi connectivity index (χ4n) is 2.35. The van der Waals surface area contributed by atoms with Gasteiger partial charge in [0.2, 0.25) is 5.89 Å². The summed E-state index contributed by atoms with van der Waals surface area (Å²) >= 11 is 0. The molecule has 3 rings (SSSR count). The maximum Gasteiger partial charge on any atom is 0.226 e. The molecule has 1 aliphatic rings. The molecule has 5 heteroatoms. The van der Waals surface area contributed by atoms with Gasteiger partial charge in [0.15, 0.2) is 5.82 Å². The zero-order chi connectivity index (χ0) is 13.1. The summed E-state index contributed by atoms with van der Waals surface area (Å²) in [5, 5.41) is 12.9. The van der Waals surface area contributed by atoms with E-state index in [1.54, 1.807) is 0 Å². The summed E-state index contributed by atoms with van der Waals surface area (Å²) in [6.45, 7) is 0.806. The number of hydrogen-bond acceptors (Lipinski definition) is 5. The summed E-state index contributed by atoms with van der Waals surface area (Å²) in [7, 11) is 0. The van der Waals surface area contributed by atoms with Gasteiger partial charge >= 0.3 is 0 Å². The van der Waals surface area contributed by atoms with Gasteiger partial charge in [-0.15, -0.1) is 0 Å². The van der Waals surface area contributed by atoms with Crippen LogP contribution < -0.4 is 4.74 Å². The van der Waals surface area contributed by atoms with Gasteiger partial charge in [-0.05, 0) is 18.9 Å². The van der Waals surface area contributed by atoms with Gasteiger partial charge in [-0.1, -0.05) is 23.4 Å². The highest BCUT2D eigenvalue weighted by Gasteiger charge is 2.26. The predicted octanol–water partition coefficient (Wildman–Crippen LogP) is 1.91. The molecule has 1 atom stereocenters. The van der Waals surface area contributed by atoms with Crippen molar-refractivity contribution in [3.8, 4) is 5.75 Å². The second-order valence-electron chi connectivity index (χ2n) is 4.60. The molecule has 1 aromatic carbocycles. The normalized spacial score (nSPS) is 17.8. The number of aryl methyl sites for hydroxylation is 1. The van der Waals surface area contributed by atoms with E-state index in [1.165, 1.54) is 0 Å². The second-order valence-corrected chi connectivity index (χ2v) is 4.60. The van der Waals surface area contributed by atoms with Gasteiger partial charge in [-0.25, -0.2) is 0 Å². The molecular weight excluding hydrogens is 244 g/mol. The minimum atomic E-state index is 0.136. The van der Waals surface area contributed by atoms with Crippen LogP contribution in [0.4, 0.5) is 0 Å². The Morgan fingerprint density at radius 3 is 3.11 bits per heavy atom. The molecule has 0 bridgehead atoms. The SMILES string of the molecule is OCCCc1nc(C2CCOc3ccccc32)no1. The molecule has 2 aromatic rings. The van der Waals surface area contributed by atoms with Gasteiger partial charge in [0.1, 0.15) is 5.75 Å². The molecule has 0 saturated carbocycles. The highest BCUT2D eigenvalue weighted by Crippen LogP contribution is 2.36. The minimum Gasteiger partial charge on any atom is -0.493 e. The fourth-order valence-corrected chi connectivity index (χ4v) is 2.35. The Morgan fingerprint density at radius 2 is 2.21 bits per heavy atom. The first kappa shape index (κ1) is 12.2. The van der Waals surface area contributed by atoms with Crippen molar-refractivity contribution in [1.29, 1.82) is 0 Å². The Labute approximate surface area is 111 Å². The predicted molar refractivity (Wildman–Crippen MR) is 68.1 cm³/mol. The number of hydrogen-bond donors (Lipinski definition) is 1. The molecule has 0 spiro atoms. The molecule has 2 heterocycles. The standard InChI is InChI=1S/C14H16N2O3/c17-8-3-6-13-15-14(16-19-13)11-7-9-18-12-5-2-1-4-10(11)12/h1-2,4-5,11,17H,3,6-9H2. The molecule has 0 saturated heterocycles. The lowest BCUT2D eigenvalue weighted by atomic mass is 9.92. The smallest absolute Gasteiger partial charge is 0.226 e. The molecule has 1 unspecified atom stereocenters. The molecule has 19 heavy (non-hydrogen) atoms. The van der Waals surface area contributed by atoms with Crippen LogP contribution in [-0.4, -0.2) is 28.5 Å². The number of benzene rings is 1. The third-order valence-electron chi connectivity index (χ3n) is 3.30. The van der Waals surface area contributed by atoms with E-state index in [0.717, 1.165) is 17.7 Å². The van der Waals surface area contributed by atoms with E-state index < -0.39 is 0 Å². The molecule has 1 aliphatic heterocycles. The van der Waals surface area contributed by atoms with Crippen molar-refractivity contribution in [2.24, 2.45) is 0 Å². The maximum atomic E-state index is 8.81. The van der Waals surface area contributed by atoms with Crippen LogP contribution in [0.15, 0.2) is 28.8 Å². The van der Waals surface area contributed by atoms with E-state index >= 15 is 0 Å². The molecule has 1 N–H and O–H groups in total. The highest BCUT2D eigenvalue weighted by molar-refractivity contribution is 5.40. The van der Waals surface area contributed by atoms with Gasteiger partial charge in [-0.3, -0.25) is 0 Å². The van der Waals surface area contributed by atoms with Crippen molar-refractivity contribution >= 4 is 0 Å². The number of fused-ring (bicyclic) bond motifs is 1. The Balaban J connectivity index is 1.85. The quantitative estimate of drug-likeness (QED) is 0.909. The minimum absolute atomic E-state index is 0.136. The molecule has 100 valence electrons. The summed E-state index contributed by atoms with van der Waals surface area (Å²) in [5.74, 6) is 2.34. The number of aliphatic hydroxyl groups is 1. The molecular formula is C14H16N2O3. The van der Waals surface area contributed by atoms with Crippen molar-refractivity contribution in [2.75, 3.05) is 13.2 Å². The molecule has 1 aromatic heterocycles. The van der Waals surface area contributed by atoms with Crippen molar-refractivity contribution in [1.82, 2.24) is 10.1 Å². The van der Waals surface area contributed by atoms with Gasteiger partial charge < -0.3 is 14.4 Å². The molecule has 0 fully saturated rings. The number of nitrogens with zero attached hydrogens (tertiary/aromatic N) is 2. The van der Waals surface area contributed by atoms with Gasteiger partial charge in [0.25, 0.3) is 0 Å². The average molecular weight is 260 g/mol. The number of para-hydroxylation sites is 1. The van der Waals surface area contributed by atoms with Crippen LogP contribution in [0.1, 0.15) is 36.0 Å². The average Bonchev–Trinajstić information content (AvgIpc) is 2.93. The van der Waals surface area contributed by atoms with Gasteiger partial charge in [-0.2, -0.15) is 4.98 Å². The van der Waals surface area contributed by atoms with E-state index in [9.17, 15) is 0 Å². The summed E-state index contributed by atoms with van der Waals surface area (Å²) in [4.78, 5) is 4.43. The largest absolute Gasteiger partial charge is 0.493 e. The topological polar surface area (TPSA) is 68.4 Å². The molecule has 0 radical (unpaired) electrons. The Bertz CT molecular complexity index is 553. The van der Waals surface area contributed by atoms with Crippen LogP contribution in [-0.2, 0) is 6.42 Å². The van der Waals surface area contributed by atoms with Crippen molar-refractivity contribution in [3.05, 3.63) is 41.5 Å². The summed E-state index contributed by atoms with van der Waals surface area (Å²) in [6, 6.07) is 7.97. The number of ether oxygens (including phenoxy) is 1. The molecule has 5 nitrogen and oxygen atoms in total. The zero-order valence-electron chi connectivity index (χ0n) is 10.6. The van der Waals surface area contributed by atoms with Gasteiger partial charge in [0, 0.05) is 18.6 Å². The lowest BCUT2D eigenvalue weighted by Crippen LogP contribution is -2.16. The monoisotopic (exact) mass is 260 g/mol. The van der Waals surface area contributed by atoms with Crippen LogP contribution >= 0.6 is 0 Å². The lowest BCUT2D eigenvalue weighted by molar-refractivity contribution is 0.270. The summed E-state index contributed by atoms with van der Waals surface area (Å²) < 4.78 is 10.8.